The minimum Gasteiger partial charge on any atom is -0.385 e. The van der Waals surface area contributed by atoms with Crippen molar-refractivity contribution in [3.8, 4) is 0 Å². The third kappa shape index (κ3) is 3.93. The lowest BCUT2D eigenvalue weighted by Gasteiger charge is -2.18. The number of likely N-dealkylation sites (tertiary alicyclic amines) is 1. The van der Waals surface area contributed by atoms with Gasteiger partial charge in [-0.05, 0) is 32.1 Å². The van der Waals surface area contributed by atoms with Gasteiger partial charge < -0.3 is 15.8 Å². The van der Waals surface area contributed by atoms with Crippen molar-refractivity contribution in [3.63, 3.8) is 0 Å². The molecule has 0 aromatic heterocycles. The van der Waals surface area contributed by atoms with Gasteiger partial charge in [-0.2, -0.15) is 0 Å². The quantitative estimate of drug-likeness (QED) is 0.633. The molecule has 5 nitrogen and oxygen atoms in total. The number of hydrogen-bond donors (Lipinski definition) is 2. The highest BCUT2D eigenvalue weighted by Crippen LogP contribution is 2.29. The van der Waals surface area contributed by atoms with Gasteiger partial charge in [-0.3, -0.25) is 9.69 Å². The van der Waals surface area contributed by atoms with E-state index in [0.29, 0.717) is 19.1 Å². The molecule has 1 saturated heterocycles. The molecule has 104 valence electrons. The first-order valence-electron chi connectivity index (χ1n) is 6.99. The number of carbonyl (C=O) groups is 1. The van der Waals surface area contributed by atoms with Crippen LogP contribution >= 0.6 is 0 Å². The lowest BCUT2D eigenvalue weighted by Crippen LogP contribution is -2.46. The fraction of sp³-hybridized carbons (Fsp3) is 0.923. The molecule has 5 heteroatoms. The minimum atomic E-state index is -0.393. The van der Waals surface area contributed by atoms with E-state index in [2.05, 4.69) is 10.2 Å². The summed E-state index contributed by atoms with van der Waals surface area (Å²) in [6.07, 6.45) is 5.25. The summed E-state index contributed by atoms with van der Waals surface area (Å²) >= 11 is 0. The van der Waals surface area contributed by atoms with E-state index in [4.69, 9.17) is 10.5 Å². The van der Waals surface area contributed by atoms with Gasteiger partial charge in [0.1, 0.15) is 0 Å². The molecule has 0 spiro atoms. The largest absolute Gasteiger partial charge is 0.385 e. The van der Waals surface area contributed by atoms with Crippen LogP contribution in [0.5, 0.6) is 0 Å². The van der Waals surface area contributed by atoms with Crippen LogP contribution in [0.15, 0.2) is 0 Å². The molecule has 1 amide bonds. The first-order valence-corrected chi connectivity index (χ1v) is 6.99. The molecule has 1 heterocycles. The third-order valence-corrected chi connectivity index (χ3v) is 3.83. The number of nitrogens with two attached hydrogens (primary N) is 1. The summed E-state index contributed by atoms with van der Waals surface area (Å²) in [5.74, 6) is -0.00579. The van der Waals surface area contributed by atoms with Crippen molar-refractivity contribution >= 4 is 5.91 Å². The number of rotatable bonds is 7. The van der Waals surface area contributed by atoms with Crippen LogP contribution in [0.25, 0.3) is 0 Å². The second-order valence-corrected chi connectivity index (χ2v) is 5.46. The second kappa shape index (κ2) is 6.50. The molecule has 0 radical (unpaired) electrons. The standard InChI is InChI=1S/C13H25N3O2/c1-18-8-2-3-12(14)13(17)15-10-6-7-16(9-10)11-4-5-11/h10-12H,2-9,14H2,1H3,(H,15,17). The van der Waals surface area contributed by atoms with Gasteiger partial charge in [0, 0.05) is 38.9 Å². The molecule has 2 unspecified atom stereocenters. The molecule has 1 saturated carbocycles. The summed E-state index contributed by atoms with van der Waals surface area (Å²) < 4.78 is 4.96. The number of carbonyl (C=O) groups excluding carboxylic acids is 1. The van der Waals surface area contributed by atoms with Crippen molar-refractivity contribution < 1.29 is 9.53 Å². The van der Waals surface area contributed by atoms with Gasteiger partial charge in [-0.1, -0.05) is 0 Å². The van der Waals surface area contributed by atoms with E-state index in [-0.39, 0.29) is 5.91 Å². The van der Waals surface area contributed by atoms with Crippen LogP contribution in [0.2, 0.25) is 0 Å². The summed E-state index contributed by atoms with van der Waals surface area (Å²) in [5.41, 5.74) is 5.86. The van der Waals surface area contributed by atoms with Crippen molar-refractivity contribution in [2.24, 2.45) is 5.73 Å². The average molecular weight is 255 g/mol. The van der Waals surface area contributed by atoms with E-state index in [1.54, 1.807) is 7.11 Å². The van der Waals surface area contributed by atoms with Crippen LogP contribution in [0.4, 0.5) is 0 Å². The van der Waals surface area contributed by atoms with Crippen LogP contribution in [0.1, 0.15) is 32.1 Å². The number of nitrogens with zero attached hydrogens (tertiary/aromatic N) is 1. The Hall–Kier alpha value is -0.650. The van der Waals surface area contributed by atoms with Gasteiger partial charge in [0.05, 0.1) is 6.04 Å². The van der Waals surface area contributed by atoms with Crippen LogP contribution < -0.4 is 11.1 Å². The molecule has 2 atom stereocenters. The van der Waals surface area contributed by atoms with Gasteiger partial charge in [0.25, 0.3) is 0 Å². The Kier molecular flexibility index (Phi) is 4.97. The fourth-order valence-corrected chi connectivity index (χ4v) is 2.56. The highest BCUT2D eigenvalue weighted by atomic mass is 16.5. The average Bonchev–Trinajstić information content (AvgIpc) is 3.11. The summed E-state index contributed by atoms with van der Waals surface area (Å²) in [7, 11) is 1.66. The van der Waals surface area contributed by atoms with Crippen molar-refractivity contribution in [2.45, 2.75) is 50.2 Å². The molecule has 1 aliphatic heterocycles. The Morgan fingerprint density at radius 3 is 2.94 bits per heavy atom. The molecule has 18 heavy (non-hydrogen) atoms. The fourth-order valence-electron chi connectivity index (χ4n) is 2.56. The molecule has 0 aromatic rings. The number of amides is 1. The zero-order chi connectivity index (χ0) is 13.0. The van der Waals surface area contributed by atoms with E-state index in [1.807, 2.05) is 0 Å². The Morgan fingerprint density at radius 1 is 1.50 bits per heavy atom. The van der Waals surface area contributed by atoms with Gasteiger partial charge in [0.15, 0.2) is 0 Å². The SMILES string of the molecule is COCCCC(N)C(=O)NC1CCN(C2CC2)C1. The zero-order valence-electron chi connectivity index (χ0n) is 11.2. The molecule has 2 aliphatic rings. The van der Waals surface area contributed by atoms with E-state index in [9.17, 15) is 4.79 Å². The maximum absolute atomic E-state index is 11.9. The Bertz CT molecular complexity index is 281. The topological polar surface area (TPSA) is 67.6 Å². The maximum atomic E-state index is 11.9. The zero-order valence-corrected chi connectivity index (χ0v) is 11.2. The van der Waals surface area contributed by atoms with Crippen molar-refractivity contribution in [1.82, 2.24) is 10.2 Å². The second-order valence-electron chi connectivity index (χ2n) is 5.46. The smallest absolute Gasteiger partial charge is 0.237 e. The molecule has 1 aliphatic carbocycles. The molecule has 2 rings (SSSR count). The minimum absolute atomic E-state index is 0.00579. The summed E-state index contributed by atoms with van der Waals surface area (Å²) in [5, 5.41) is 3.07. The Balaban J connectivity index is 1.64. The molecule has 0 bridgehead atoms. The van der Waals surface area contributed by atoms with Crippen molar-refractivity contribution in [2.75, 3.05) is 26.8 Å². The molecule has 3 N–H and O–H groups in total. The summed E-state index contributed by atoms with van der Waals surface area (Å²) in [4.78, 5) is 14.4. The van der Waals surface area contributed by atoms with E-state index in [1.165, 1.54) is 12.8 Å². The number of ether oxygens (including phenoxy) is 1. The summed E-state index contributed by atoms with van der Waals surface area (Å²) in [6.45, 7) is 2.79. The predicted molar refractivity (Wildman–Crippen MR) is 70.2 cm³/mol. The third-order valence-electron chi connectivity index (χ3n) is 3.83. The van der Waals surface area contributed by atoms with Crippen LogP contribution in [0, 0.1) is 0 Å². The normalized spacial score (nSPS) is 26.2. The van der Waals surface area contributed by atoms with Gasteiger partial charge in [-0.25, -0.2) is 0 Å². The lowest BCUT2D eigenvalue weighted by atomic mass is 10.1. The van der Waals surface area contributed by atoms with Gasteiger partial charge >= 0.3 is 0 Å². The van der Waals surface area contributed by atoms with Crippen LogP contribution in [-0.2, 0) is 9.53 Å². The first-order chi connectivity index (χ1) is 8.70. The van der Waals surface area contributed by atoms with Crippen LogP contribution in [0.3, 0.4) is 0 Å². The van der Waals surface area contributed by atoms with Crippen molar-refractivity contribution in [3.05, 3.63) is 0 Å². The summed E-state index contributed by atoms with van der Waals surface area (Å²) in [6, 6.07) is 0.698. The predicted octanol–water partition coefficient (Wildman–Crippen LogP) is 0.0932. The number of nitrogens with one attached hydrogen (secondary N) is 1. The molecule has 0 aromatic carbocycles. The van der Waals surface area contributed by atoms with Gasteiger partial charge in [-0.15, -0.1) is 0 Å². The maximum Gasteiger partial charge on any atom is 0.237 e. The highest BCUT2D eigenvalue weighted by Gasteiger charge is 2.35. The molecular weight excluding hydrogens is 230 g/mol. The van der Waals surface area contributed by atoms with E-state index < -0.39 is 6.04 Å². The number of hydrogen-bond acceptors (Lipinski definition) is 4. The van der Waals surface area contributed by atoms with Crippen molar-refractivity contribution in [1.29, 1.82) is 0 Å². The van der Waals surface area contributed by atoms with Gasteiger partial charge in [0.2, 0.25) is 5.91 Å². The van der Waals surface area contributed by atoms with Crippen LogP contribution in [-0.4, -0.2) is 55.7 Å². The Morgan fingerprint density at radius 2 is 2.28 bits per heavy atom. The molecular formula is C13H25N3O2. The first kappa shape index (κ1) is 13.8. The van der Waals surface area contributed by atoms with E-state index in [0.717, 1.165) is 32.0 Å². The molecule has 2 fully saturated rings. The Labute approximate surface area is 109 Å². The monoisotopic (exact) mass is 255 g/mol. The number of methoxy groups -OCH3 is 1. The van der Waals surface area contributed by atoms with E-state index >= 15 is 0 Å². The lowest BCUT2D eigenvalue weighted by molar-refractivity contribution is -0.123. The highest BCUT2D eigenvalue weighted by molar-refractivity contribution is 5.81.